The summed E-state index contributed by atoms with van der Waals surface area (Å²) in [6, 6.07) is 28.2. The maximum Gasteiger partial charge on any atom is 0.319 e. The van der Waals surface area contributed by atoms with Crippen LogP contribution < -0.4 is 20.5 Å². The minimum atomic E-state index is -2.00. The lowest BCUT2D eigenvalue weighted by atomic mass is 9.74. The van der Waals surface area contributed by atoms with Crippen molar-refractivity contribution < 1.29 is 28.5 Å². The summed E-state index contributed by atoms with van der Waals surface area (Å²) in [5, 5.41) is 13.3. The van der Waals surface area contributed by atoms with E-state index in [0.29, 0.717) is 25.8 Å². The fourth-order valence-corrected chi connectivity index (χ4v) is 11.9. The van der Waals surface area contributed by atoms with Crippen LogP contribution in [0.25, 0.3) is 0 Å². The minimum Gasteiger partial charge on any atom is -0.497 e. The predicted molar refractivity (Wildman–Crippen MR) is 237 cm³/mol. The Morgan fingerprint density at radius 1 is 0.932 bits per heavy atom. The Bertz CT molecular complexity index is 1760. The van der Waals surface area contributed by atoms with Gasteiger partial charge in [-0.05, 0) is 101 Å². The number of nitrogens with one attached hydrogen (secondary N) is 1. The molecular weight excluding hydrogens is 782 g/mol. The molecule has 3 unspecified atom stereocenters. The molecule has 2 amide bonds. The van der Waals surface area contributed by atoms with Gasteiger partial charge in [-0.25, -0.2) is 9.46 Å². The molecule has 0 aromatic heterocycles. The summed E-state index contributed by atoms with van der Waals surface area (Å²) in [4.78, 5) is 42.0. The van der Waals surface area contributed by atoms with Gasteiger partial charge >= 0.3 is 6.03 Å². The van der Waals surface area contributed by atoms with Crippen molar-refractivity contribution in [2.24, 2.45) is 11.7 Å². The second-order valence-corrected chi connectivity index (χ2v) is 18.6. The van der Waals surface area contributed by atoms with Crippen LogP contribution in [-0.2, 0) is 14.9 Å². The number of rotatable bonds is 24. The summed E-state index contributed by atoms with van der Waals surface area (Å²) in [7, 11) is 1.30. The van der Waals surface area contributed by atoms with Crippen LogP contribution in [0, 0.1) is 17.2 Å². The number of methoxy groups -OCH3 is 2. The number of Topliss-reactive ketones (excluding diaryl/α,β-unsaturated/α-hetero) is 1. The van der Waals surface area contributed by atoms with Gasteiger partial charge in [0.1, 0.15) is 22.8 Å². The SMILES string of the molecule is COc1ccc(C(c2ccccc2)(c2ccc(OC)cc2)N2C(=O)N[C@H]3CS[C@@H](CCCCC(=O)C(CCCCCN)C(CC#N)OP(O)N(C(C)C)C(C)C)[C@H]32)cc1. The highest BCUT2D eigenvalue weighted by molar-refractivity contribution is 8.00. The quantitative estimate of drug-likeness (QED) is 0.0346. The van der Waals surface area contributed by atoms with E-state index in [4.69, 9.17) is 19.7 Å². The van der Waals surface area contributed by atoms with E-state index in [9.17, 15) is 19.7 Å². The molecule has 2 aliphatic rings. The number of carbonyl (C=O) groups is 2. The molecule has 2 aliphatic heterocycles. The number of fused-ring (bicyclic) bond motifs is 1. The average Bonchev–Trinajstić information content (AvgIpc) is 3.78. The number of ether oxygens (including phenoxy) is 2. The van der Waals surface area contributed by atoms with Gasteiger partial charge in [0.05, 0.1) is 44.9 Å². The fraction of sp³-hybridized carbons (Fsp3) is 0.543. The first-order chi connectivity index (χ1) is 28.5. The lowest BCUT2D eigenvalue weighted by molar-refractivity contribution is -0.126. The van der Waals surface area contributed by atoms with Crippen molar-refractivity contribution in [1.82, 2.24) is 14.9 Å². The van der Waals surface area contributed by atoms with E-state index in [2.05, 4.69) is 52.7 Å². The Balaban J connectivity index is 1.40. The molecule has 4 N–H and O–H groups in total. The van der Waals surface area contributed by atoms with Crippen molar-refractivity contribution in [2.75, 3.05) is 26.5 Å². The van der Waals surface area contributed by atoms with E-state index in [0.717, 1.165) is 66.0 Å². The highest BCUT2D eigenvalue weighted by atomic mass is 32.2. The Hall–Kier alpha value is -3.69. The Labute approximate surface area is 357 Å². The Morgan fingerprint density at radius 2 is 1.53 bits per heavy atom. The van der Waals surface area contributed by atoms with Crippen LogP contribution in [0.15, 0.2) is 78.9 Å². The van der Waals surface area contributed by atoms with Crippen LogP contribution in [0.5, 0.6) is 11.5 Å². The van der Waals surface area contributed by atoms with Gasteiger partial charge in [0.2, 0.25) is 0 Å². The van der Waals surface area contributed by atoms with Crippen LogP contribution in [0.2, 0.25) is 0 Å². The van der Waals surface area contributed by atoms with E-state index < -0.39 is 26.1 Å². The molecule has 11 nitrogen and oxygen atoms in total. The zero-order valence-electron chi connectivity index (χ0n) is 35.6. The summed E-state index contributed by atoms with van der Waals surface area (Å²) in [5.74, 6) is 1.82. The Kier molecular flexibility index (Phi) is 17.5. The normalized spacial score (nSPS) is 19.4. The summed E-state index contributed by atoms with van der Waals surface area (Å²) in [6.45, 7) is 8.61. The molecule has 2 saturated heterocycles. The summed E-state index contributed by atoms with van der Waals surface area (Å²) >= 11 is 1.88. The molecule has 320 valence electrons. The first kappa shape index (κ1) is 46.4. The van der Waals surface area contributed by atoms with E-state index in [1.165, 1.54) is 0 Å². The number of hydrogen-bond acceptors (Lipinski definition) is 10. The van der Waals surface area contributed by atoms with Crippen molar-refractivity contribution in [3.05, 3.63) is 95.6 Å². The van der Waals surface area contributed by atoms with Crippen molar-refractivity contribution in [2.45, 2.75) is 127 Å². The standard InChI is InChI=1S/C46H64N5O6PS/c1-32(2)51(33(3)4)58(54)57-42(28-30-48)39(17-11-8-14-29-47)41(52)18-12-13-19-43-44-40(31-59-43)49-45(53)50(44)46(34-15-9-7-10-16-34,35-20-24-37(55-5)25-21-35)36-22-26-38(56-6)27-23-36/h7,9-10,15-16,20-27,32-33,39-40,42-44,54H,8,11-14,17-19,28-29,31,47H2,1-6H3,(H,49,53)/t39?,40-,42?,43-,44-,58?/m0/s1. The van der Waals surface area contributed by atoms with Gasteiger partial charge in [-0.1, -0.05) is 73.9 Å². The van der Waals surface area contributed by atoms with E-state index in [-0.39, 0.29) is 47.7 Å². The summed E-state index contributed by atoms with van der Waals surface area (Å²) in [6.07, 6.45) is 5.11. The fourth-order valence-electron chi connectivity index (χ4n) is 8.99. The third-order valence-corrected chi connectivity index (χ3v) is 15.0. The third kappa shape index (κ3) is 10.8. The third-order valence-electron chi connectivity index (χ3n) is 11.7. The van der Waals surface area contributed by atoms with Crippen LogP contribution in [0.3, 0.4) is 0 Å². The first-order valence-corrected chi connectivity index (χ1v) is 23.3. The number of thioether (sulfide) groups is 1. The number of nitrogens with zero attached hydrogens (tertiary/aromatic N) is 3. The van der Waals surface area contributed by atoms with Crippen molar-refractivity contribution >= 4 is 32.1 Å². The van der Waals surface area contributed by atoms with E-state index in [1.54, 1.807) is 14.2 Å². The van der Waals surface area contributed by atoms with Crippen LogP contribution in [0.4, 0.5) is 4.79 Å². The van der Waals surface area contributed by atoms with E-state index >= 15 is 0 Å². The number of nitriles is 1. The molecule has 2 fully saturated rings. The van der Waals surface area contributed by atoms with Crippen LogP contribution in [0.1, 0.15) is 102 Å². The molecule has 0 radical (unpaired) electrons. The molecule has 0 saturated carbocycles. The topological polar surface area (TPSA) is 150 Å². The van der Waals surface area contributed by atoms with Crippen LogP contribution >= 0.6 is 20.3 Å². The summed E-state index contributed by atoms with van der Waals surface area (Å²) < 4.78 is 19.3. The number of urea groups is 1. The van der Waals surface area contributed by atoms with Crippen molar-refractivity contribution in [3.8, 4) is 17.6 Å². The number of benzene rings is 3. The van der Waals surface area contributed by atoms with Gasteiger partial charge in [-0.3, -0.25) is 4.79 Å². The number of unbranched alkanes of at least 4 members (excludes halogenated alkanes) is 3. The Morgan fingerprint density at radius 3 is 2.07 bits per heavy atom. The van der Waals surface area contributed by atoms with Gasteiger partial charge in [-0.15, -0.1) is 0 Å². The number of hydrogen-bond donors (Lipinski definition) is 3. The second kappa shape index (κ2) is 22.2. The van der Waals surface area contributed by atoms with Gasteiger partial charge in [0, 0.05) is 35.4 Å². The second-order valence-electron chi connectivity index (χ2n) is 16.1. The molecule has 0 bridgehead atoms. The number of amides is 2. The predicted octanol–water partition coefficient (Wildman–Crippen LogP) is 8.78. The smallest absolute Gasteiger partial charge is 0.319 e. The molecule has 13 heteroatoms. The van der Waals surface area contributed by atoms with Gasteiger partial charge in [-0.2, -0.15) is 17.0 Å². The number of nitrogens with two attached hydrogens (primary N) is 1. The number of ketones is 1. The first-order valence-electron chi connectivity index (χ1n) is 21.1. The molecule has 2 heterocycles. The molecule has 59 heavy (non-hydrogen) atoms. The van der Waals surface area contributed by atoms with E-state index in [1.807, 2.05) is 86.6 Å². The average molecular weight is 846 g/mol. The molecular formula is C46H64N5O6PS. The van der Waals surface area contributed by atoms with Crippen molar-refractivity contribution in [3.63, 3.8) is 0 Å². The molecule has 5 rings (SSSR count). The van der Waals surface area contributed by atoms with Gasteiger partial charge < -0.3 is 34.8 Å². The summed E-state index contributed by atoms with van der Waals surface area (Å²) in [5.41, 5.74) is 7.64. The monoisotopic (exact) mass is 845 g/mol. The minimum absolute atomic E-state index is 0.0287. The zero-order valence-corrected chi connectivity index (χ0v) is 37.3. The maximum atomic E-state index is 14.5. The van der Waals surface area contributed by atoms with Crippen LogP contribution in [-0.4, -0.2) is 88.3 Å². The highest BCUT2D eigenvalue weighted by Gasteiger charge is 2.57. The van der Waals surface area contributed by atoms with Crippen molar-refractivity contribution in [1.29, 1.82) is 5.26 Å². The van der Waals surface area contributed by atoms with Gasteiger partial charge in [0.25, 0.3) is 8.53 Å². The number of carbonyl (C=O) groups excluding carboxylic acids is 2. The molecule has 6 atom stereocenters. The highest BCUT2D eigenvalue weighted by Crippen LogP contribution is 2.50. The maximum absolute atomic E-state index is 14.5. The lowest BCUT2D eigenvalue weighted by Gasteiger charge is -2.46. The molecule has 3 aromatic rings. The zero-order chi connectivity index (χ0) is 42.5. The molecule has 0 aliphatic carbocycles. The molecule has 0 spiro atoms. The van der Waals surface area contributed by atoms with Gasteiger partial charge in [0.15, 0.2) is 0 Å². The lowest BCUT2D eigenvalue weighted by Crippen LogP contribution is -2.55. The largest absolute Gasteiger partial charge is 0.497 e. The molecule has 3 aromatic carbocycles.